The summed E-state index contributed by atoms with van der Waals surface area (Å²) in [4.78, 5) is 62.2. The third-order valence-electron chi connectivity index (χ3n) is 8.48. The Balaban J connectivity index is 1.34. The first-order chi connectivity index (χ1) is 21.4. The highest BCUT2D eigenvalue weighted by Gasteiger charge is 2.51. The van der Waals surface area contributed by atoms with Gasteiger partial charge in [-0.1, -0.05) is 78.9 Å². The summed E-state index contributed by atoms with van der Waals surface area (Å²) in [6, 6.07) is 24.0. The van der Waals surface area contributed by atoms with Gasteiger partial charge in [-0.05, 0) is 22.8 Å². The van der Waals surface area contributed by atoms with Crippen LogP contribution in [0.15, 0.2) is 84.9 Å². The van der Waals surface area contributed by atoms with Crippen LogP contribution in [0.1, 0.15) is 35.3 Å². The maximum Gasteiger partial charge on any atom is 0.410 e. The Labute approximate surface area is 255 Å². The van der Waals surface area contributed by atoms with Crippen LogP contribution in [0, 0.1) is 0 Å². The molecular weight excluding hydrogens is 560 g/mol. The summed E-state index contributed by atoms with van der Waals surface area (Å²) in [5.41, 5.74) is 4.29. The van der Waals surface area contributed by atoms with Crippen molar-refractivity contribution in [2.75, 3.05) is 20.2 Å². The molecule has 0 unspecified atom stereocenters. The van der Waals surface area contributed by atoms with E-state index in [-0.39, 0.29) is 38.6 Å². The summed E-state index contributed by atoms with van der Waals surface area (Å²) >= 11 is 0. The second-order valence-electron chi connectivity index (χ2n) is 11.2. The Morgan fingerprint density at radius 1 is 0.932 bits per heavy atom. The van der Waals surface area contributed by atoms with Gasteiger partial charge in [0.15, 0.2) is 0 Å². The van der Waals surface area contributed by atoms with Gasteiger partial charge in [0.2, 0.25) is 11.8 Å². The van der Waals surface area contributed by atoms with Crippen molar-refractivity contribution in [3.05, 3.63) is 107 Å². The lowest BCUT2D eigenvalue weighted by Crippen LogP contribution is -2.67. The zero-order chi connectivity index (χ0) is 30.8. The molecule has 3 heterocycles. The van der Waals surface area contributed by atoms with Crippen LogP contribution >= 0.6 is 0 Å². The van der Waals surface area contributed by atoms with Gasteiger partial charge in [-0.15, -0.1) is 0 Å². The van der Waals surface area contributed by atoms with E-state index < -0.39 is 36.1 Å². The Morgan fingerprint density at radius 3 is 2.27 bits per heavy atom. The molecule has 44 heavy (non-hydrogen) atoms. The van der Waals surface area contributed by atoms with Gasteiger partial charge in [-0.25, -0.2) is 9.59 Å². The summed E-state index contributed by atoms with van der Waals surface area (Å²) in [6.45, 7) is 1.68. The van der Waals surface area contributed by atoms with Gasteiger partial charge in [0, 0.05) is 43.0 Å². The summed E-state index contributed by atoms with van der Waals surface area (Å²) in [6.07, 6.45) is -0.342. The number of aromatic nitrogens is 1. The average Bonchev–Trinajstić information content (AvgIpc) is 3.43. The third-order valence-corrected chi connectivity index (χ3v) is 8.48. The zero-order valence-electron chi connectivity index (χ0n) is 24.6. The number of esters is 1. The fourth-order valence-corrected chi connectivity index (χ4v) is 6.36. The summed E-state index contributed by atoms with van der Waals surface area (Å²) in [5.74, 6) is -1.26. The van der Waals surface area contributed by atoms with E-state index in [1.54, 1.807) is 4.90 Å². The minimum absolute atomic E-state index is 0.0573. The van der Waals surface area contributed by atoms with Crippen LogP contribution in [0.5, 0.6) is 0 Å². The normalized spacial score (nSPS) is 19.2. The van der Waals surface area contributed by atoms with Gasteiger partial charge in [-0.3, -0.25) is 9.59 Å². The number of nitrogens with zero attached hydrogens (tertiary/aromatic N) is 3. The van der Waals surface area contributed by atoms with Gasteiger partial charge in [-0.2, -0.15) is 0 Å². The minimum Gasteiger partial charge on any atom is -0.467 e. The summed E-state index contributed by atoms with van der Waals surface area (Å²) in [5, 5.41) is 0.968. The number of fused-ring (bicyclic) bond motifs is 5. The Hall–Kier alpha value is -5.12. The molecule has 1 saturated heterocycles. The first kappa shape index (κ1) is 29.0. The van der Waals surface area contributed by atoms with Crippen LogP contribution in [0.4, 0.5) is 4.79 Å². The number of rotatable bonds is 7. The number of ether oxygens (including phenoxy) is 2. The minimum atomic E-state index is -1.03. The van der Waals surface area contributed by atoms with E-state index in [2.05, 4.69) is 4.98 Å². The molecule has 3 aromatic carbocycles. The van der Waals surface area contributed by atoms with E-state index in [9.17, 15) is 19.2 Å². The smallest absolute Gasteiger partial charge is 0.410 e. The number of aromatic amines is 1. The van der Waals surface area contributed by atoms with Gasteiger partial charge in [0.25, 0.3) is 0 Å². The maximum absolute atomic E-state index is 14.5. The highest BCUT2D eigenvalue weighted by molar-refractivity contribution is 5.95. The first-order valence-electron chi connectivity index (χ1n) is 14.6. The summed E-state index contributed by atoms with van der Waals surface area (Å²) < 4.78 is 10.8. The molecule has 1 N–H and O–H groups in total. The molecule has 226 valence electrons. The number of para-hydroxylation sites is 1. The number of nitrogens with one attached hydrogen (secondary N) is 1. The second-order valence-corrected chi connectivity index (χ2v) is 11.2. The lowest BCUT2D eigenvalue weighted by molar-refractivity contribution is -0.167. The standard InChI is InChI=1S/C34H34N4O6/c1-22(39)37-20-29-31-26(25-15-9-10-16-27(25)35-31)17-28(33(41)43-2)38(29)32(40)30(37)19-36(18-23-11-5-3-6-12-23)34(42)44-21-24-13-7-4-8-14-24/h3-16,28-30,35H,17-21H2,1-2H3/t28-,29-,30-/m1/s1. The molecule has 0 aliphatic carbocycles. The van der Waals surface area contributed by atoms with Crippen molar-refractivity contribution < 1.29 is 28.7 Å². The van der Waals surface area contributed by atoms with Crippen LogP contribution in [-0.4, -0.2) is 75.8 Å². The van der Waals surface area contributed by atoms with E-state index in [4.69, 9.17) is 9.47 Å². The number of methoxy groups -OCH3 is 1. The number of amides is 3. The molecule has 10 heteroatoms. The maximum atomic E-state index is 14.5. The molecule has 6 rings (SSSR count). The van der Waals surface area contributed by atoms with Crippen molar-refractivity contribution in [1.82, 2.24) is 19.7 Å². The van der Waals surface area contributed by atoms with Crippen molar-refractivity contribution in [1.29, 1.82) is 0 Å². The SMILES string of the molecule is COC(=O)[C@H]1Cc2c([nH]c3ccccc23)[C@H]2CN(C(C)=O)[C@H](CN(Cc3ccccc3)C(=O)OCc3ccccc3)C(=O)N12. The van der Waals surface area contributed by atoms with Crippen LogP contribution in [0.3, 0.4) is 0 Å². The molecule has 1 aromatic heterocycles. The molecule has 0 saturated carbocycles. The van der Waals surface area contributed by atoms with Gasteiger partial charge in [0.1, 0.15) is 18.7 Å². The predicted octanol–water partition coefficient (Wildman–Crippen LogP) is 4.21. The van der Waals surface area contributed by atoms with Crippen molar-refractivity contribution in [3.63, 3.8) is 0 Å². The second kappa shape index (κ2) is 12.2. The molecule has 3 amide bonds. The number of carbonyl (C=O) groups excluding carboxylic acids is 4. The van der Waals surface area contributed by atoms with Gasteiger partial charge in [0.05, 0.1) is 19.7 Å². The molecule has 0 bridgehead atoms. The number of hydrogen-bond acceptors (Lipinski definition) is 6. The summed E-state index contributed by atoms with van der Waals surface area (Å²) in [7, 11) is 1.31. The number of carbonyl (C=O) groups is 4. The molecule has 2 aliphatic rings. The quantitative estimate of drug-likeness (QED) is 0.321. The highest BCUT2D eigenvalue weighted by atomic mass is 16.6. The van der Waals surface area contributed by atoms with Crippen molar-refractivity contribution in [2.45, 2.75) is 44.6 Å². The Morgan fingerprint density at radius 2 is 1.59 bits per heavy atom. The van der Waals surface area contributed by atoms with Crippen molar-refractivity contribution in [2.24, 2.45) is 0 Å². The van der Waals surface area contributed by atoms with Gasteiger partial charge < -0.3 is 29.2 Å². The van der Waals surface area contributed by atoms with E-state index in [0.717, 1.165) is 33.3 Å². The lowest BCUT2D eigenvalue weighted by Gasteiger charge is -2.50. The average molecular weight is 595 g/mol. The molecule has 3 atom stereocenters. The Kier molecular flexibility index (Phi) is 8.06. The van der Waals surface area contributed by atoms with E-state index in [0.29, 0.717) is 0 Å². The topological polar surface area (TPSA) is 112 Å². The monoisotopic (exact) mass is 594 g/mol. The third kappa shape index (κ3) is 5.50. The molecule has 2 aliphatic heterocycles. The van der Waals surface area contributed by atoms with E-state index >= 15 is 0 Å². The van der Waals surface area contributed by atoms with E-state index in [1.807, 2.05) is 84.9 Å². The van der Waals surface area contributed by atoms with Crippen molar-refractivity contribution >= 4 is 34.8 Å². The molecule has 1 fully saturated rings. The predicted molar refractivity (Wildman–Crippen MR) is 162 cm³/mol. The molecule has 0 spiro atoms. The number of H-pyrrole nitrogens is 1. The van der Waals surface area contributed by atoms with Gasteiger partial charge >= 0.3 is 12.1 Å². The zero-order valence-corrected chi connectivity index (χ0v) is 24.6. The van der Waals surface area contributed by atoms with E-state index in [1.165, 1.54) is 23.8 Å². The molecular formula is C34H34N4O6. The molecule has 4 aromatic rings. The largest absolute Gasteiger partial charge is 0.467 e. The molecule has 0 radical (unpaired) electrons. The fourth-order valence-electron chi connectivity index (χ4n) is 6.36. The number of hydrogen-bond donors (Lipinski definition) is 1. The van der Waals surface area contributed by atoms with Crippen LogP contribution in [0.2, 0.25) is 0 Å². The number of piperazine rings is 1. The lowest BCUT2D eigenvalue weighted by atomic mass is 9.88. The van der Waals surface area contributed by atoms with Crippen LogP contribution in [0.25, 0.3) is 10.9 Å². The van der Waals surface area contributed by atoms with Crippen molar-refractivity contribution in [3.8, 4) is 0 Å². The Bertz CT molecular complexity index is 1690. The van der Waals surface area contributed by atoms with Crippen LogP contribution in [-0.2, 0) is 43.4 Å². The number of benzene rings is 3. The fraction of sp³-hybridized carbons (Fsp3) is 0.294. The van der Waals surface area contributed by atoms with Crippen LogP contribution < -0.4 is 0 Å². The highest BCUT2D eigenvalue weighted by Crippen LogP contribution is 2.41. The molecule has 10 nitrogen and oxygen atoms in total. The first-order valence-corrected chi connectivity index (χ1v) is 14.6.